The Hall–Kier alpha value is -1.95. The van der Waals surface area contributed by atoms with E-state index >= 15 is 0 Å². The van der Waals surface area contributed by atoms with Gasteiger partial charge in [0.15, 0.2) is 0 Å². The van der Waals surface area contributed by atoms with Gasteiger partial charge in [-0.2, -0.15) is 0 Å². The minimum Gasteiger partial charge on any atom is -0.481 e. The molecule has 0 aliphatic carbocycles. The lowest BCUT2D eigenvalue weighted by Crippen LogP contribution is -2.03. The topological polar surface area (TPSA) is 68.0 Å². The minimum atomic E-state index is -0.986. The van der Waals surface area contributed by atoms with Gasteiger partial charge in [-0.25, -0.2) is 9.07 Å². The van der Waals surface area contributed by atoms with Crippen LogP contribution < -0.4 is 0 Å². The summed E-state index contributed by atoms with van der Waals surface area (Å²) in [5, 5.41) is 16.3. The van der Waals surface area contributed by atoms with Crippen molar-refractivity contribution in [1.29, 1.82) is 0 Å². The molecule has 0 fully saturated rings. The van der Waals surface area contributed by atoms with Gasteiger partial charge in [0, 0.05) is 16.8 Å². The number of benzene rings is 1. The van der Waals surface area contributed by atoms with Gasteiger partial charge < -0.3 is 5.11 Å². The van der Waals surface area contributed by atoms with E-state index in [1.54, 1.807) is 12.1 Å². The van der Waals surface area contributed by atoms with E-state index in [0.29, 0.717) is 16.3 Å². The standard InChI is InChI=1S/C11H9ClFN3O2/c12-8-2-1-7(10(13)3-8)5-16-6-9(14-15-16)4-11(17)18/h1-3,6H,4-5H2,(H,17,18). The number of carboxylic acid groups (broad SMARTS) is 1. The molecule has 0 saturated carbocycles. The molecule has 0 radical (unpaired) electrons. The lowest BCUT2D eigenvalue weighted by molar-refractivity contribution is -0.136. The molecular formula is C11H9ClFN3O2. The summed E-state index contributed by atoms with van der Waals surface area (Å²) in [7, 11) is 0. The first-order chi connectivity index (χ1) is 8.54. The van der Waals surface area contributed by atoms with Crippen LogP contribution in [0.2, 0.25) is 5.02 Å². The zero-order valence-corrected chi connectivity index (χ0v) is 9.93. The molecule has 1 aromatic heterocycles. The van der Waals surface area contributed by atoms with Crippen molar-refractivity contribution in [3.8, 4) is 0 Å². The van der Waals surface area contributed by atoms with Gasteiger partial charge in [-0.05, 0) is 12.1 Å². The molecule has 5 nitrogen and oxygen atoms in total. The summed E-state index contributed by atoms with van der Waals surface area (Å²) in [6.45, 7) is 0.176. The Morgan fingerprint density at radius 2 is 2.28 bits per heavy atom. The van der Waals surface area contributed by atoms with Crippen molar-refractivity contribution in [3.63, 3.8) is 0 Å². The summed E-state index contributed by atoms with van der Waals surface area (Å²) >= 11 is 5.64. The third kappa shape index (κ3) is 3.04. The first kappa shape index (κ1) is 12.5. The van der Waals surface area contributed by atoms with E-state index in [4.69, 9.17) is 16.7 Å². The van der Waals surface area contributed by atoms with Gasteiger partial charge in [-0.1, -0.05) is 22.9 Å². The van der Waals surface area contributed by atoms with Crippen LogP contribution in [-0.4, -0.2) is 26.1 Å². The highest BCUT2D eigenvalue weighted by atomic mass is 35.5. The number of hydrogen-bond acceptors (Lipinski definition) is 3. The summed E-state index contributed by atoms with van der Waals surface area (Å²) in [4.78, 5) is 10.5. The molecule has 94 valence electrons. The molecule has 1 N–H and O–H groups in total. The number of aromatic nitrogens is 3. The van der Waals surface area contributed by atoms with E-state index in [1.165, 1.54) is 16.9 Å². The summed E-state index contributed by atoms with van der Waals surface area (Å²) < 4.78 is 14.9. The Labute approximate surface area is 107 Å². The van der Waals surface area contributed by atoms with Gasteiger partial charge in [-0.15, -0.1) is 5.10 Å². The zero-order chi connectivity index (χ0) is 13.1. The molecule has 0 saturated heterocycles. The molecule has 0 bridgehead atoms. The molecule has 2 rings (SSSR count). The van der Waals surface area contributed by atoms with Gasteiger partial charge >= 0.3 is 5.97 Å². The van der Waals surface area contributed by atoms with E-state index in [-0.39, 0.29) is 13.0 Å². The van der Waals surface area contributed by atoms with Gasteiger partial charge in [0.25, 0.3) is 0 Å². The monoisotopic (exact) mass is 269 g/mol. The van der Waals surface area contributed by atoms with Crippen LogP contribution >= 0.6 is 11.6 Å². The smallest absolute Gasteiger partial charge is 0.309 e. The molecule has 18 heavy (non-hydrogen) atoms. The van der Waals surface area contributed by atoms with E-state index < -0.39 is 11.8 Å². The number of hydrogen-bond donors (Lipinski definition) is 1. The summed E-state index contributed by atoms with van der Waals surface area (Å²) in [6, 6.07) is 4.34. The van der Waals surface area contributed by atoms with Crippen molar-refractivity contribution in [2.75, 3.05) is 0 Å². The molecule has 1 aromatic carbocycles. The quantitative estimate of drug-likeness (QED) is 0.918. The number of aliphatic carboxylic acids is 1. The number of rotatable bonds is 4. The Morgan fingerprint density at radius 3 is 2.94 bits per heavy atom. The second-order valence-corrected chi connectivity index (χ2v) is 4.15. The summed E-state index contributed by atoms with van der Waals surface area (Å²) in [5.74, 6) is -1.42. The molecule has 0 atom stereocenters. The van der Waals surface area contributed by atoms with Gasteiger partial charge in [-0.3, -0.25) is 4.79 Å². The fourth-order valence-corrected chi connectivity index (χ4v) is 1.63. The van der Waals surface area contributed by atoms with Crippen LogP contribution in [0.15, 0.2) is 24.4 Å². The highest BCUT2D eigenvalue weighted by Crippen LogP contribution is 2.15. The van der Waals surface area contributed by atoms with Crippen molar-refractivity contribution in [1.82, 2.24) is 15.0 Å². The molecule has 0 aliphatic rings. The number of carbonyl (C=O) groups is 1. The van der Waals surface area contributed by atoms with Crippen LogP contribution in [0.1, 0.15) is 11.3 Å². The highest BCUT2D eigenvalue weighted by molar-refractivity contribution is 6.30. The van der Waals surface area contributed by atoms with Gasteiger partial charge in [0.05, 0.1) is 18.7 Å². The van der Waals surface area contributed by atoms with Crippen LogP contribution in [0.25, 0.3) is 0 Å². The van der Waals surface area contributed by atoms with Gasteiger partial charge in [0.2, 0.25) is 0 Å². The Balaban J connectivity index is 2.13. The summed E-state index contributed by atoms with van der Waals surface area (Å²) in [6.07, 6.45) is 1.27. The molecule has 7 heteroatoms. The number of carboxylic acids is 1. The SMILES string of the molecule is O=C(O)Cc1cn(Cc2ccc(Cl)cc2F)nn1. The van der Waals surface area contributed by atoms with Crippen LogP contribution in [-0.2, 0) is 17.8 Å². The molecule has 0 unspecified atom stereocenters. The number of nitrogens with zero attached hydrogens (tertiary/aromatic N) is 3. The predicted octanol–water partition coefficient (Wildman–Crippen LogP) is 1.75. The first-order valence-electron chi connectivity index (χ1n) is 5.09. The lowest BCUT2D eigenvalue weighted by atomic mass is 10.2. The van der Waals surface area contributed by atoms with Crippen molar-refractivity contribution in [2.24, 2.45) is 0 Å². The van der Waals surface area contributed by atoms with E-state index in [0.717, 1.165) is 0 Å². The van der Waals surface area contributed by atoms with Crippen LogP contribution in [0.4, 0.5) is 4.39 Å². The van der Waals surface area contributed by atoms with Crippen molar-refractivity contribution in [3.05, 3.63) is 46.5 Å². The minimum absolute atomic E-state index is 0.176. The maximum atomic E-state index is 13.5. The average Bonchev–Trinajstić information content (AvgIpc) is 2.69. The average molecular weight is 270 g/mol. The van der Waals surface area contributed by atoms with E-state index in [2.05, 4.69) is 10.3 Å². The first-order valence-corrected chi connectivity index (χ1v) is 5.47. The van der Waals surface area contributed by atoms with Crippen LogP contribution in [0.3, 0.4) is 0 Å². The van der Waals surface area contributed by atoms with Crippen molar-refractivity contribution < 1.29 is 14.3 Å². The van der Waals surface area contributed by atoms with Crippen molar-refractivity contribution >= 4 is 17.6 Å². The molecule has 2 aromatic rings. The zero-order valence-electron chi connectivity index (χ0n) is 9.18. The maximum Gasteiger partial charge on any atom is 0.309 e. The second kappa shape index (κ2) is 5.14. The fourth-order valence-electron chi connectivity index (χ4n) is 1.48. The molecule has 0 amide bonds. The number of halogens is 2. The highest BCUT2D eigenvalue weighted by Gasteiger charge is 2.08. The Kier molecular flexibility index (Phi) is 3.57. The normalized spacial score (nSPS) is 10.6. The predicted molar refractivity (Wildman–Crippen MR) is 61.9 cm³/mol. The summed E-state index contributed by atoms with van der Waals surface area (Å²) in [5.41, 5.74) is 0.739. The van der Waals surface area contributed by atoms with E-state index in [1.807, 2.05) is 0 Å². The Bertz CT molecular complexity index is 585. The fraction of sp³-hybridized carbons (Fsp3) is 0.182. The lowest BCUT2D eigenvalue weighted by Gasteiger charge is -2.02. The van der Waals surface area contributed by atoms with Crippen LogP contribution in [0.5, 0.6) is 0 Å². The van der Waals surface area contributed by atoms with Crippen LogP contribution in [0, 0.1) is 5.82 Å². The Morgan fingerprint density at radius 1 is 1.50 bits per heavy atom. The molecule has 0 spiro atoms. The molecular weight excluding hydrogens is 261 g/mol. The molecule has 0 aliphatic heterocycles. The third-order valence-corrected chi connectivity index (χ3v) is 2.50. The molecule has 1 heterocycles. The second-order valence-electron chi connectivity index (χ2n) is 3.71. The largest absolute Gasteiger partial charge is 0.481 e. The van der Waals surface area contributed by atoms with Crippen molar-refractivity contribution in [2.45, 2.75) is 13.0 Å². The van der Waals surface area contributed by atoms with Gasteiger partial charge in [0.1, 0.15) is 5.82 Å². The van der Waals surface area contributed by atoms with E-state index in [9.17, 15) is 9.18 Å². The third-order valence-electron chi connectivity index (χ3n) is 2.27. The maximum absolute atomic E-state index is 13.5.